The number of esters is 1. The van der Waals surface area contributed by atoms with Crippen molar-refractivity contribution in [2.75, 3.05) is 0 Å². The number of rotatable bonds is 2. The molecule has 1 aliphatic rings. The number of phenols is 1. The fourth-order valence-electron chi connectivity index (χ4n) is 2.27. The Labute approximate surface area is 117 Å². The topological polar surface area (TPSA) is 46.5 Å². The Bertz CT molecular complexity index is 642. The van der Waals surface area contributed by atoms with Crippen molar-refractivity contribution in [3.05, 3.63) is 71.3 Å². The van der Waals surface area contributed by atoms with E-state index in [1.807, 2.05) is 36.4 Å². The number of benzene rings is 2. The van der Waals surface area contributed by atoms with E-state index in [1.165, 1.54) is 0 Å². The van der Waals surface area contributed by atoms with Crippen molar-refractivity contribution in [2.45, 2.75) is 12.5 Å². The van der Waals surface area contributed by atoms with Gasteiger partial charge in [-0.25, -0.2) is 4.79 Å². The summed E-state index contributed by atoms with van der Waals surface area (Å²) in [4.78, 5) is 11.9. The summed E-state index contributed by atoms with van der Waals surface area (Å²) in [5, 5.41) is 9.25. The van der Waals surface area contributed by atoms with Gasteiger partial charge in [-0.3, -0.25) is 0 Å². The van der Waals surface area contributed by atoms with Gasteiger partial charge in [0.2, 0.25) is 0 Å². The number of cyclic esters (lactones) is 1. The molecular formula is C17H14O3. The first-order valence-corrected chi connectivity index (χ1v) is 6.48. The second-order valence-corrected chi connectivity index (χ2v) is 4.77. The second-order valence-electron chi connectivity index (χ2n) is 4.77. The van der Waals surface area contributed by atoms with E-state index in [2.05, 4.69) is 0 Å². The fourth-order valence-corrected chi connectivity index (χ4v) is 2.27. The minimum absolute atomic E-state index is 0.202. The van der Waals surface area contributed by atoms with Crippen molar-refractivity contribution >= 4 is 12.0 Å². The smallest absolute Gasteiger partial charge is 0.334 e. The summed E-state index contributed by atoms with van der Waals surface area (Å²) in [7, 11) is 0. The molecule has 1 saturated heterocycles. The minimum atomic E-state index is -0.271. The third-order valence-corrected chi connectivity index (χ3v) is 3.32. The highest BCUT2D eigenvalue weighted by molar-refractivity contribution is 5.95. The maximum Gasteiger partial charge on any atom is 0.334 e. The molecule has 100 valence electrons. The monoisotopic (exact) mass is 266 g/mol. The van der Waals surface area contributed by atoms with Crippen molar-refractivity contribution in [1.82, 2.24) is 0 Å². The summed E-state index contributed by atoms with van der Waals surface area (Å²) < 4.78 is 5.40. The summed E-state index contributed by atoms with van der Waals surface area (Å²) >= 11 is 0. The Hall–Kier alpha value is -2.55. The first-order valence-electron chi connectivity index (χ1n) is 6.48. The van der Waals surface area contributed by atoms with Gasteiger partial charge < -0.3 is 9.84 Å². The van der Waals surface area contributed by atoms with Gasteiger partial charge in [-0.15, -0.1) is 0 Å². The van der Waals surface area contributed by atoms with Crippen molar-refractivity contribution in [3.8, 4) is 5.75 Å². The standard InChI is InChI=1S/C17H14O3/c18-15-8-6-12(7-9-15)10-14-11-16(20-17(14)19)13-4-2-1-3-5-13/h1-10,16,18H,11H2/b14-10-. The summed E-state index contributed by atoms with van der Waals surface area (Å²) in [6.07, 6.45) is 2.18. The second kappa shape index (κ2) is 5.21. The molecule has 1 atom stereocenters. The molecular weight excluding hydrogens is 252 g/mol. The van der Waals surface area contributed by atoms with Gasteiger partial charge >= 0.3 is 5.97 Å². The summed E-state index contributed by atoms with van der Waals surface area (Å²) in [6, 6.07) is 16.5. The van der Waals surface area contributed by atoms with Crippen LogP contribution in [0.4, 0.5) is 0 Å². The van der Waals surface area contributed by atoms with Crippen LogP contribution in [-0.4, -0.2) is 11.1 Å². The van der Waals surface area contributed by atoms with Gasteiger partial charge in [0, 0.05) is 12.0 Å². The molecule has 1 aliphatic heterocycles. The van der Waals surface area contributed by atoms with Gasteiger partial charge in [0.1, 0.15) is 11.9 Å². The molecule has 0 saturated carbocycles. The Morgan fingerprint density at radius 3 is 2.45 bits per heavy atom. The molecule has 20 heavy (non-hydrogen) atoms. The van der Waals surface area contributed by atoms with Crippen LogP contribution in [0.1, 0.15) is 23.7 Å². The van der Waals surface area contributed by atoms with E-state index in [4.69, 9.17) is 4.74 Å². The number of phenolic OH excluding ortho intramolecular Hbond substituents is 1. The number of carbonyl (C=O) groups excluding carboxylic acids is 1. The van der Waals surface area contributed by atoms with Crippen molar-refractivity contribution in [1.29, 1.82) is 0 Å². The van der Waals surface area contributed by atoms with Crippen LogP contribution in [-0.2, 0) is 9.53 Å². The van der Waals surface area contributed by atoms with E-state index in [0.29, 0.717) is 12.0 Å². The lowest BCUT2D eigenvalue weighted by molar-refractivity contribution is -0.139. The molecule has 2 aromatic carbocycles. The molecule has 1 fully saturated rings. The molecule has 0 amide bonds. The molecule has 3 heteroatoms. The van der Waals surface area contributed by atoms with Crippen LogP contribution < -0.4 is 0 Å². The molecule has 1 N–H and O–H groups in total. The Morgan fingerprint density at radius 1 is 1.05 bits per heavy atom. The number of ether oxygens (including phenoxy) is 1. The van der Waals surface area contributed by atoms with Crippen LogP contribution in [0.2, 0.25) is 0 Å². The predicted octanol–water partition coefficient (Wildman–Crippen LogP) is 3.46. The third kappa shape index (κ3) is 2.57. The number of aromatic hydroxyl groups is 1. The SMILES string of the molecule is O=C1OC(c2ccccc2)C/C1=C/c1ccc(O)cc1. The van der Waals surface area contributed by atoms with Crippen molar-refractivity contribution in [2.24, 2.45) is 0 Å². The van der Waals surface area contributed by atoms with Crippen LogP contribution in [0.5, 0.6) is 5.75 Å². The molecule has 0 bridgehead atoms. The molecule has 1 heterocycles. The quantitative estimate of drug-likeness (QED) is 0.668. The zero-order valence-corrected chi connectivity index (χ0v) is 10.8. The van der Waals surface area contributed by atoms with E-state index in [0.717, 1.165) is 11.1 Å². The zero-order chi connectivity index (χ0) is 13.9. The molecule has 2 aromatic rings. The summed E-state index contributed by atoms with van der Waals surface area (Å²) in [5.41, 5.74) is 2.54. The molecule has 1 unspecified atom stereocenters. The van der Waals surface area contributed by atoms with Crippen LogP contribution in [0.3, 0.4) is 0 Å². The van der Waals surface area contributed by atoms with Crippen LogP contribution in [0, 0.1) is 0 Å². The lowest BCUT2D eigenvalue weighted by Gasteiger charge is -2.07. The van der Waals surface area contributed by atoms with E-state index >= 15 is 0 Å². The number of hydrogen-bond donors (Lipinski definition) is 1. The van der Waals surface area contributed by atoms with Crippen molar-refractivity contribution < 1.29 is 14.6 Å². The molecule has 3 nitrogen and oxygen atoms in total. The molecule has 3 rings (SSSR count). The van der Waals surface area contributed by atoms with E-state index in [-0.39, 0.29) is 17.8 Å². The van der Waals surface area contributed by atoms with Crippen LogP contribution in [0.15, 0.2) is 60.2 Å². The average Bonchev–Trinajstić information content (AvgIpc) is 2.84. The van der Waals surface area contributed by atoms with Gasteiger partial charge in [0.25, 0.3) is 0 Å². The maximum atomic E-state index is 11.9. The van der Waals surface area contributed by atoms with Gasteiger partial charge in [-0.2, -0.15) is 0 Å². The van der Waals surface area contributed by atoms with Crippen molar-refractivity contribution in [3.63, 3.8) is 0 Å². The largest absolute Gasteiger partial charge is 0.508 e. The highest BCUT2D eigenvalue weighted by atomic mass is 16.5. The Kier molecular flexibility index (Phi) is 3.25. The van der Waals surface area contributed by atoms with E-state index < -0.39 is 0 Å². The lowest BCUT2D eigenvalue weighted by atomic mass is 10.0. The minimum Gasteiger partial charge on any atom is -0.508 e. The normalized spacial score (nSPS) is 20.1. The number of carbonyl (C=O) groups is 1. The highest BCUT2D eigenvalue weighted by Crippen LogP contribution is 2.33. The van der Waals surface area contributed by atoms with Gasteiger partial charge in [-0.05, 0) is 29.3 Å². The van der Waals surface area contributed by atoms with Crippen LogP contribution >= 0.6 is 0 Å². The molecule has 0 spiro atoms. The zero-order valence-electron chi connectivity index (χ0n) is 10.8. The summed E-state index contributed by atoms with van der Waals surface area (Å²) in [5.74, 6) is -0.0600. The Balaban J connectivity index is 1.82. The van der Waals surface area contributed by atoms with Gasteiger partial charge in [0.15, 0.2) is 0 Å². The van der Waals surface area contributed by atoms with E-state index in [9.17, 15) is 9.90 Å². The lowest BCUT2D eigenvalue weighted by Crippen LogP contribution is -1.98. The van der Waals surface area contributed by atoms with E-state index in [1.54, 1.807) is 24.3 Å². The van der Waals surface area contributed by atoms with Crippen LogP contribution in [0.25, 0.3) is 6.08 Å². The van der Waals surface area contributed by atoms with Gasteiger partial charge in [-0.1, -0.05) is 42.5 Å². The molecule has 0 radical (unpaired) electrons. The maximum absolute atomic E-state index is 11.9. The first kappa shape index (κ1) is 12.5. The highest BCUT2D eigenvalue weighted by Gasteiger charge is 2.29. The Morgan fingerprint density at radius 2 is 1.75 bits per heavy atom. The fraction of sp³-hybridized carbons (Fsp3) is 0.118. The third-order valence-electron chi connectivity index (χ3n) is 3.32. The van der Waals surface area contributed by atoms with Gasteiger partial charge in [0.05, 0.1) is 0 Å². The molecule has 0 aromatic heterocycles. The first-order chi connectivity index (χ1) is 9.72. The number of hydrogen-bond acceptors (Lipinski definition) is 3. The average molecular weight is 266 g/mol. The predicted molar refractivity (Wildman–Crippen MR) is 76.0 cm³/mol. The summed E-state index contributed by atoms with van der Waals surface area (Å²) in [6.45, 7) is 0. The molecule has 0 aliphatic carbocycles.